The molecule has 0 aliphatic rings. The smallest absolute Gasteiger partial charge is 0.246 e. The summed E-state index contributed by atoms with van der Waals surface area (Å²) in [6.07, 6.45) is 2.61. The minimum absolute atomic E-state index is 0.1000. The molecule has 106 valence electrons. The number of benzene rings is 1. The maximum atomic E-state index is 12.0. The first-order valence-corrected chi connectivity index (χ1v) is 6.77. The molecule has 1 amide bonds. The molecular weight excluding hydrogens is 254 g/mol. The second-order valence-corrected chi connectivity index (χ2v) is 4.34. The molecule has 0 aliphatic carbocycles. The number of aromatic nitrogens is 2. The van der Waals surface area contributed by atoms with Gasteiger partial charge in [0.25, 0.3) is 0 Å². The molecule has 0 atom stereocenters. The van der Waals surface area contributed by atoms with Crippen molar-refractivity contribution in [1.82, 2.24) is 9.78 Å². The summed E-state index contributed by atoms with van der Waals surface area (Å²) in [6, 6.07) is 9.55. The van der Waals surface area contributed by atoms with Gasteiger partial charge in [-0.15, -0.1) is 5.10 Å². The van der Waals surface area contributed by atoms with E-state index in [1.807, 2.05) is 31.2 Å². The van der Waals surface area contributed by atoms with Gasteiger partial charge in [0.15, 0.2) is 0 Å². The highest BCUT2D eigenvalue weighted by atomic mass is 16.5. The van der Waals surface area contributed by atoms with Crippen molar-refractivity contribution in [3.05, 3.63) is 42.1 Å². The summed E-state index contributed by atoms with van der Waals surface area (Å²) in [7, 11) is 0. The number of carbonyl (C=O) groups is 1. The minimum atomic E-state index is -0.1000. The molecule has 1 aromatic carbocycles. The molecule has 2 aromatic rings. The number of aryl methyl sites for hydroxylation is 1. The Balaban J connectivity index is 1.97. The standard InChI is InChI=1S/C15H19N3O2/c1-3-12-7-5-6-8-13(12)16-14(19)11-18-10-9-15(17-18)20-4-2/h5-10H,3-4,11H2,1-2H3,(H,16,19). The highest BCUT2D eigenvalue weighted by Gasteiger charge is 2.07. The summed E-state index contributed by atoms with van der Waals surface area (Å²) in [6.45, 7) is 4.69. The number of para-hydroxylation sites is 1. The minimum Gasteiger partial charge on any atom is -0.477 e. The number of nitrogens with zero attached hydrogens (tertiary/aromatic N) is 2. The number of nitrogens with one attached hydrogen (secondary N) is 1. The Morgan fingerprint density at radius 1 is 1.30 bits per heavy atom. The fourth-order valence-corrected chi connectivity index (χ4v) is 1.94. The number of amides is 1. The molecule has 0 saturated carbocycles. The van der Waals surface area contributed by atoms with E-state index in [9.17, 15) is 4.79 Å². The van der Waals surface area contributed by atoms with Crippen molar-refractivity contribution >= 4 is 11.6 Å². The molecule has 0 fully saturated rings. The Morgan fingerprint density at radius 3 is 2.85 bits per heavy atom. The van der Waals surface area contributed by atoms with Gasteiger partial charge in [-0.25, -0.2) is 0 Å². The normalized spacial score (nSPS) is 10.3. The Labute approximate surface area is 118 Å². The molecule has 2 rings (SSSR count). The molecule has 5 nitrogen and oxygen atoms in total. The van der Waals surface area contributed by atoms with E-state index in [4.69, 9.17) is 4.74 Å². The number of carbonyl (C=O) groups excluding carboxylic acids is 1. The first kappa shape index (κ1) is 14.1. The Kier molecular flexibility index (Phi) is 4.76. The molecule has 0 radical (unpaired) electrons. The van der Waals surface area contributed by atoms with Crippen LogP contribution in [0.2, 0.25) is 0 Å². The van der Waals surface area contributed by atoms with E-state index < -0.39 is 0 Å². The Bertz CT molecular complexity index is 578. The fourth-order valence-electron chi connectivity index (χ4n) is 1.94. The van der Waals surface area contributed by atoms with Gasteiger partial charge in [-0.1, -0.05) is 25.1 Å². The summed E-state index contributed by atoms with van der Waals surface area (Å²) in [5, 5.41) is 7.07. The monoisotopic (exact) mass is 273 g/mol. The quantitative estimate of drug-likeness (QED) is 0.879. The van der Waals surface area contributed by atoms with Crippen molar-refractivity contribution in [3.8, 4) is 5.88 Å². The molecule has 1 aromatic heterocycles. The lowest BCUT2D eigenvalue weighted by molar-refractivity contribution is -0.116. The Hall–Kier alpha value is -2.30. The lowest BCUT2D eigenvalue weighted by Crippen LogP contribution is -2.19. The van der Waals surface area contributed by atoms with Crippen LogP contribution in [0.15, 0.2) is 36.5 Å². The summed E-state index contributed by atoms with van der Waals surface area (Å²) in [4.78, 5) is 12.0. The molecule has 0 saturated heterocycles. The van der Waals surface area contributed by atoms with E-state index in [1.54, 1.807) is 16.9 Å². The SMILES string of the molecule is CCOc1ccn(CC(=O)Nc2ccccc2CC)n1. The van der Waals surface area contributed by atoms with Crippen molar-refractivity contribution in [1.29, 1.82) is 0 Å². The van der Waals surface area contributed by atoms with Crippen LogP contribution in [-0.4, -0.2) is 22.3 Å². The van der Waals surface area contributed by atoms with Crippen molar-refractivity contribution in [2.24, 2.45) is 0 Å². The van der Waals surface area contributed by atoms with Crippen LogP contribution in [0.3, 0.4) is 0 Å². The van der Waals surface area contributed by atoms with Gasteiger partial charge >= 0.3 is 0 Å². The van der Waals surface area contributed by atoms with Gasteiger partial charge in [0, 0.05) is 18.0 Å². The van der Waals surface area contributed by atoms with Gasteiger partial charge in [0.05, 0.1) is 6.61 Å². The third-order valence-corrected chi connectivity index (χ3v) is 2.89. The van der Waals surface area contributed by atoms with Crippen molar-refractivity contribution < 1.29 is 9.53 Å². The second kappa shape index (κ2) is 6.75. The third kappa shape index (κ3) is 3.60. The molecule has 5 heteroatoms. The van der Waals surface area contributed by atoms with Crippen molar-refractivity contribution in [3.63, 3.8) is 0 Å². The summed E-state index contributed by atoms with van der Waals surface area (Å²) in [5.74, 6) is 0.436. The number of hydrogen-bond acceptors (Lipinski definition) is 3. The van der Waals surface area contributed by atoms with Gasteiger partial charge < -0.3 is 10.1 Å². The van der Waals surface area contributed by atoms with E-state index >= 15 is 0 Å². The molecular formula is C15H19N3O2. The van der Waals surface area contributed by atoms with Gasteiger partial charge in [-0.05, 0) is 25.0 Å². The number of ether oxygens (including phenoxy) is 1. The van der Waals surface area contributed by atoms with Gasteiger partial charge in [-0.3, -0.25) is 9.48 Å². The number of rotatable bonds is 6. The summed E-state index contributed by atoms with van der Waals surface area (Å²) in [5.41, 5.74) is 1.98. The highest BCUT2D eigenvalue weighted by Crippen LogP contribution is 2.15. The first-order valence-electron chi connectivity index (χ1n) is 6.77. The molecule has 0 unspecified atom stereocenters. The predicted octanol–water partition coefficient (Wildman–Crippen LogP) is 2.48. The van der Waals surface area contributed by atoms with Crippen LogP contribution in [0.25, 0.3) is 0 Å². The van der Waals surface area contributed by atoms with Crippen molar-refractivity contribution in [2.45, 2.75) is 26.8 Å². The van der Waals surface area contributed by atoms with E-state index in [-0.39, 0.29) is 12.5 Å². The first-order chi connectivity index (χ1) is 9.72. The fraction of sp³-hybridized carbons (Fsp3) is 0.333. The average molecular weight is 273 g/mol. The zero-order chi connectivity index (χ0) is 14.4. The van der Waals surface area contributed by atoms with Crippen LogP contribution in [-0.2, 0) is 17.8 Å². The van der Waals surface area contributed by atoms with Crippen LogP contribution in [0, 0.1) is 0 Å². The second-order valence-electron chi connectivity index (χ2n) is 4.34. The van der Waals surface area contributed by atoms with E-state index in [0.29, 0.717) is 12.5 Å². The van der Waals surface area contributed by atoms with Crippen LogP contribution < -0.4 is 10.1 Å². The van der Waals surface area contributed by atoms with E-state index in [0.717, 1.165) is 17.7 Å². The van der Waals surface area contributed by atoms with Gasteiger partial charge in [-0.2, -0.15) is 0 Å². The van der Waals surface area contributed by atoms with Crippen molar-refractivity contribution in [2.75, 3.05) is 11.9 Å². The Morgan fingerprint density at radius 2 is 2.10 bits per heavy atom. The molecule has 1 heterocycles. The molecule has 20 heavy (non-hydrogen) atoms. The lowest BCUT2D eigenvalue weighted by Gasteiger charge is -2.09. The van der Waals surface area contributed by atoms with Gasteiger partial charge in [0.1, 0.15) is 6.54 Å². The largest absolute Gasteiger partial charge is 0.477 e. The van der Waals surface area contributed by atoms with Crippen LogP contribution in [0.5, 0.6) is 5.88 Å². The van der Waals surface area contributed by atoms with Crippen LogP contribution in [0.4, 0.5) is 5.69 Å². The third-order valence-electron chi connectivity index (χ3n) is 2.89. The lowest BCUT2D eigenvalue weighted by atomic mass is 10.1. The average Bonchev–Trinajstić information content (AvgIpc) is 2.87. The zero-order valence-corrected chi connectivity index (χ0v) is 11.8. The van der Waals surface area contributed by atoms with E-state index in [1.165, 1.54) is 0 Å². The van der Waals surface area contributed by atoms with Gasteiger partial charge in [0.2, 0.25) is 11.8 Å². The predicted molar refractivity (Wildman–Crippen MR) is 77.8 cm³/mol. The maximum Gasteiger partial charge on any atom is 0.246 e. The topological polar surface area (TPSA) is 56.1 Å². The van der Waals surface area contributed by atoms with E-state index in [2.05, 4.69) is 17.3 Å². The van der Waals surface area contributed by atoms with Crippen LogP contribution in [0.1, 0.15) is 19.4 Å². The maximum absolute atomic E-state index is 12.0. The highest BCUT2D eigenvalue weighted by molar-refractivity contribution is 5.91. The number of anilines is 1. The summed E-state index contributed by atoms with van der Waals surface area (Å²) < 4.78 is 6.82. The van der Waals surface area contributed by atoms with Crippen LogP contribution >= 0.6 is 0 Å². The number of hydrogen-bond donors (Lipinski definition) is 1. The molecule has 0 bridgehead atoms. The molecule has 0 aliphatic heterocycles. The molecule has 1 N–H and O–H groups in total. The summed E-state index contributed by atoms with van der Waals surface area (Å²) >= 11 is 0. The molecule has 0 spiro atoms. The zero-order valence-electron chi connectivity index (χ0n) is 11.8.